The van der Waals surface area contributed by atoms with Crippen molar-refractivity contribution in [1.82, 2.24) is 19.2 Å². The van der Waals surface area contributed by atoms with Gasteiger partial charge in [-0.15, -0.1) is 12.4 Å². The Hall–Kier alpha value is -0.830. The Balaban J connectivity index is 0.00000225. The summed E-state index contributed by atoms with van der Waals surface area (Å²) in [5, 5.41) is 3.94. The molecule has 0 amide bonds. The van der Waals surface area contributed by atoms with Gasteiger partial charge in [-0.3, -0.25) is 0 Å². The van der Waals surface area contributed by atoms with Crippen molar-refractivity contribution >= 4 is 45.6 Å². The quantitative estimate of drug-likeness (QED) is 0.818. The number of aromatic nitrogens is 2. The molecular weight excluding hydrogens is 407 g/mol. The van der Waals surface area contributed by atoms with E-state index in [-0.39, 0.29) is 24.2 Å². The maximum Gasteiger partial charge on any atom is 0.219 e. The largest absolute Gasteiger partial charge is 0.337 e. The number of hydrogen-bond donors (Lipinski definition) is 1. The van der Waals surface area contributed by atoms with Crippen LogP contribution in [-0.2, 0) is 22.8 Å². The third-order valence-electron chi connectivity index (χ3n) is 4.10. The molecule has 2 heterocycles. The van der Waals surface area contributed by atoms with E-state index >= 15 is 0 Å². The smallest absolute Gasteiger partial charge is 0.219 e. The summed E-state index contributed by atoms with van der Waals surface area (Å²) in [6.07, 6.45) is 3.47. The predicted octanol–water partition coefficient (Wildman–Crippen LogP) is 2.63. The zero-order valence-electron chi connectivity index (χ0n) is 13.5. The van der Waals surface area contributed by atoms with Crippen molar-refractivity contribution < 1.29 is 8.42 Å². The van der Waals surface area contributed by atoms with E-state index in [4.69, 9.17) is 23.2 Å². The van der Waals surface area contributed by atoms with Crippen LogP contribution in [0.3, 0.4) is 0 Å². The zero-order chi connectivity index (χ0) is 17.3. The van der Waals surface area contributed by atoms with Crippen LogP contribution in [0.1, 0.15) is 17.4 Å². The van der Waals surface area contributed by atoms with Crippen molar-refractivity contribution in [3.63, 3.8) is 0 Å². The lowest BCUT2D eigenvalue weighted by Crippen LogP contribution is -2.49. The summed E-state index contributed by atoms with van der Waals surface area (Å²) in [6.45, 7) is 1.48. The Morgan fingerprint density at radius 1 is 1.32 bits per heavy atom. The Bertz CT molecular complexity index is 821. The van der Waals surface area contributed by atoms with Gasteiger partial charge in [-0.2, -0.15) is 4.31 Å². The molecule has 0 radical (unpaired) electrons. The predicted molar refractivity (Wildman–Crippen MR) is 102 cm³/mol. The van der Waals surface area contributed by atoms with Gasteiger partial charge in [-0.25, -0.2) is 13.4 Å². The van der Waals surface area contributed by atoms with Crippen LogP contribution in [-0.4, -0.2) is 41.9 Å². The van der Waals surface area contributed by atoms with Gasteiger partial charge in [0.1, 0.15) is 5.82 Å². The van der Waals surface area contributed by atoms with Crippen molar-refractivity contribution in [2.24, 2.45) is 7.05 Å². The Morgan fingerprint density at radius 3 is 2.60 bits per heavy atom. The van der Waals surface area contributed by atoms with E-state index in [1.807, 2.05) is 11.6 Å². The fraction of sp³-hybridized carbons (Fsp3) is 0.400. The number of halogens is 3. The van der Waals surface area contributed by atoms with E-state index in [0.29, 0.717) is 41.1 Å². The molecule has 6 nitrogen and oxygen atoms in total. The molecule has 25 heavy (non-hydrogen) atoms. The second-order valence-electron chi connectivity index (χ2n) is 5.68. The van der Waals surface area contributed by atoms with Gasteiger partial charge < -0.3 is 9.88 Å². The van der Waals surface area contributed by atoms with Crippen LogP contribution in [0, 0.1) is 0 Å². The third kappa shape index (κ3) is 4.30. The molecule has 138 valence electrons. The van der Waals surface area contributed by atoms with Crippen molar-refractivity contribution in [2.45, 2.75) is 11.8 Å². The van der Waals surface area contributed by atoms with Crippen molar-refractivity contribution in [2.75, 3.05) is 19.6 Å². The number of piperazine rings is 1. The molecule has 1 aliphatic heterocycles. The highest BCUT2D eigenvalue weighted by Crippen LogP contribution is 2.30. The topological polar surface area (TPSA) is 67.2 Å². The first kappa shape index (κ1) is 20.5. The molecule has 3 rings (SSSR count). The number of benzene rings is 1. The Labute approximate surface area is 163 Å². The molecule has 1 aromatic heterocycles. The number of sulfonamides is 1. The van der Waals surface area contributed by atoms with Crippen LogP contribution < -0.4 is 5.32 Å². The maximum atomic E-state index is 13.0. The summed E-state index contributed by atoms with van der Waals surface area (Å²) in [5.74, 6) is 0.475. The minimum atomic E-state index is -3.60. The molecule has 0 saturated carbocycles. The van der Waals surface area contributed by atoms with Gasteiger partial charge in [0, 0.05) is 54.7 Å². The number of aryl methyl sites for hydroxylation is 1. The lowest BCUT2D eigenvalue weighted by Gasteiger charge is -2.34. The van der Waals surface area contributed by atoms with Gasteiger partial charge in [0.05, 0.1) is 11.8 Å². The van der Waals surface area contributed by atoms with E-state index in [1.165, 1.54) is 4.31 Å². The van der Waals surface area contributed by atoms with Gasteiger partial charge in [0.2, 0.25) is 10.0 Å². The summed E-state index contributed by atoms with van der Waals surface area (Å²) in [5.41, 5.74) is 0.429. The summed E-state index contributed by atoms with van der Waals surface area (Å²) in [4.78, 5) is 4.31. The van der Waals surface area contributed by atoms with Crippen molar-refractivity contribution in [3.05, 3.63) is 52.0 Å². The fourth-order valence-electron chi connectivity index (χ4n) is 2.87. The van der Waals surface area contributed by atoms with Crippen molar-refractivity contribution in [1.29, 1.82) is 0 Å². The normalized spacial score (nSPS) is 18.8. The van der Waals surface area contributed by atoms with Crippen LogP contribution >= 0.6 is 35.6 Å². The number of nitrogens with zero attached hydrogens (tertiary/aromatic N) is 3. The molecule has 1 aliphatic rings. The second kappa shape index (κ2) is 8.24. The molecule has 1 fully saturated rings. The van der Waals surface area contributed by atoms with Gasteiger partial charge in [-0.1, -0.05) is 29.3 Å². The molecule has 1 saturated heterocycles. The van der Waals surface area contributed by atoms with E-state index in [1.54, 1.807) is 30.6 Å². The Kier molecular flexibility index (Phi) is 6.75. The zero-order valence-corrected chi connectivity index (χ0v) is 16.7. The fourth-order valence-corrected chi connectivity index (χ4v) is 5.33. The van der Waals surface area contributed by atoms with Crippen LogP contribution in [0.25, 0.3) is 0 Å². The molecule has 1 unspecified atom stereocenters. The number of hydrogen-bond acceptors (Lipinski definition) is 4. The number of nitrogens with one attached hydrogen (secondary N) is 1. The number of rotatable bonds is 4. The molecule has 2 aromatic rings. The maximum absolute atomic E-state index is 13.0. The molecule has 0 bridgehead atoms. The van der Waals surface area contributed by atoms with E-state index < -0.39 is 10.0 Å². The highest BCUT2D eigenvalue weighted by Gasteiger charge is 2.35. The minimum absolute atomic E-state index is 0. The first-order valence-corrected chi connectivity index (χ1v) is 9.87. The van der Waals surface area contributed by atoms with E-state index in [0.717, 1.165) is 0 Å². The highest BCUT2D eigenvalue weighted by molar-refractivity contribution is 7.88. The Morgan fingerprint density at radius 2 is 2.00 bits per heavy atom. The first-order chi connectivity index (χ1) is 11.4. The molecule has 0 aliphatic carbocycles. The lowest BCUT2D eigenvalue weighted by molar-refractivity contribution is 0.258. The highest BCUT2D eigenvalue weighted by atomic mass is 35.5. The minimum Gasteiger partial charge on any atom is -0.337 e. The molecule has 1 N–H and O–H groups in total. The van der Waals surface area contributed by atoms with Crippen LogP contribution in [0.15, 0.2) is 30.6 Å². The summed E-state index contributed by atoms with van der Waals surface area (Å²) in [7, 11) is -1.75. The lowest BCUT2D eigenvalue weighted by atomic mass is 10.2. The SMILES string of the molecule is Cl.Cn1ccnc1C1CNCCN1S(=O)(=O)Cc1c(Cl)cccc1Cl. The van der Waals surface area contributed by atoms with Gasteiger partial charge >= 0.3 is 0 Å². The molecule has 0 spiro atoms. The van der Waals surface area contributed by atoms with E-state index in [2.05, 4.69) is 10.3 Å². The molecule has 10 heteroatoms. The van der Waals surface area contributed by atoms with Gasteiger partial charge in [0.15, 0.2) is 0 Å². The van der Waals surface area contributed by atoms with E-state index in [9.17, 15) is 8.42 Å². The van der Waals surface area contributed by atoms with Crippen molar-refractivity contribution in [3.8, 4) is 0 Å². The van der Waals surface area contributed by atoms with Crippen LogP contribution in [0.2, 0.25) is 10.0 Å². The van der Waals surface area contributed by atoms with Gasteiger partial charge in [-0.05, 0) is 12.1 Å². The molecule has 1 atom stereocenters. The summed E-state index contributed by atoms with van der Waals surface area (Å²) in [6, 6.07) is 4.63. The van der Waals surface area contributed by atoms with Gasteiger partial charge in [0.25, 0.3) is 0 Å². The van der Waals surface area contributed by atoms with Crippen LogP contribution in [0.4, 0.5) is 0 Å². The molecular formula is C15H19Cl3N4O2S. The second-order valence-corrected chi connectivity index (χ2v) is 8.42. The summed E-state index contributed by atoms with van der Waals surface area (Å²) >= 11 is 12.3. The summed E-state index contributed by atoms with van der Waals surface area (Å²) < 4.78 is 29.4. The average Bonchev–Trinajstić information content (AvgIpc) is 2.97. The average molecular weight is 426 g/mol. The number of imidazole rings is 1. The monoisotopic (exact) mass is 424 g/mol. The standard InChI is InChI=1S/C15H18Cl2N4O2S.ClH/c1-20-7-6-19-15(20)14-9-18-5-8-21(14)24(22,23)10-11-12(16)3-2-4-13(11)17;/h2-4,6-7,14,18H,5,8-10H2,1H3;1H. The first-order valence-electron chi connectivity index (χ1n) is 7.50. The van der Waals surface area contributed by atoms with Crippen LogP contribution in [0.5, 0.6) is 0 Å². The molecule has 1 aromatic carbocycles. The third-order valence-corrected chi connectivity index (χ3v) is 6.61.